The molecule has 6 heteroatoms. The molecular weight excluding hydrogens is 1590 g/mol. The second-order valence-corrected chi connectivity index (χ2v) is 34.6. The fraction of sp³-hybridized carbons (Fsp3) is 0. The summed E-state index contributed by atoms with van der Waals surface area (Å²) in [7, 11) is 0. The van der Waals surface area contributed by atoms with Gasteiger partial charge < -0.3 is 13.7 Å². The number of aromatic nitrogens is 6. The zero-order valence-corrected chi connectivity index (χ0v) is 71.1. The molecule has 606 valence electrons. The van der Waals surface area contributed by atoms with Crippen molar-refractivity contribution in [2.24, 2.45) is 0 Å². The minimum Gasteiger partial charge on any atom is -0.309 e. The van der Waals surface area contributed by atoms with Gasteiger partial charge in [0.05, 0.1) is 72.6 Å². The molecule has 29 aromatic rings. The molecule has 0 aliphatic heterocycles. The molecule has 0 bridgehead atoms. The van der Waals surface area contributed by atoms with Crippen molar-refractivity contribution in [3.05, 3.63) is 461 Å². The van der Waals surface area contributed by atoms with E-state index < -0.39 is 0 Å². The lowest BCUT2D eigenvalue weighted by Gasteiger charge is -2.16. The first-order chi connectivity index (χ1) is 65.0. The SMILES string of the molecule is c1ccc2c(-c3ccc(-n4c5ccccc5c5cc6c7ccccc7c7ccccc7c6cc54)c4ccccc34)nccc2c1.c1ccc2nc(-c3ccc(-n4c5ccccc5c5cc6c7ccccc7c7ccccc7c6cc54)c4ccccc34)ccc2c1.c1ccc2nc(-c3ccc(-n4c5ccccc5c5cc6c7ccccc7c7ccccc7c6cc54)cc3)ccc2c1. The van der Waals surface area contributed by atoms with Crippen molar-refractivity contribution in [1.82, 2.24) is 28.7 Å². The van der Waals surface area contributed by atoms with E-state index in [1.165, 1.54) is 206 Å². The van der Waals surface area contributed by atoms with E-state index in [2.05, 4.69) is 463 Å². The molecule has 6 aromatic heterocycles. The van der Waals surface area contributed by atoms with Crippen molar-refractivity contribution in [2.75, 3.05) is 0 Å². The summed E-state index contributed by atoms with van der Waals surface area (Å²) in [6, 6.07) is 165. The molecule has 0 spiro atoms. The summed E-state index contributed by atoms with van der Waals surface area (Å²) >= 11 is 0. The Labute approximate surface area is 751 Å². The first-order valence-electron chi connectivity index (χ1n) is 45.0. The number of hydrogen-bond donors (Lipinski definition) is 0. The Morgan fingerprint density at radius 1 is 0.160 bits per heavy atom. The van der Waals surface area contributed by atoms with E-state index in [0.717, 1.165) is 61.3 Å². The maximum Gasteiger partial charge on any atom is 0.0786 e. The van der Waals surface area contributed by atoms with E-state index >= 15 is 0 Å². The van der Waals surface area contributed by atoms with Gasteiger partial charge in [0.2, 0.25) is 0 Å². The number of hydrogen-bond acceptors (Lipinski definition) is 3. The van der Waals surface area contributed by atoms with Crippen LogP contribution in [0.15, 0.2) is 461 Å². The first-order valence-corrected chi connectivity index (χ1v) is 45.0. The number of fused-ring (bicyclic) bond motifs is 32. The van der Waals surface area contributed by atoms with Crippen LogP contribution in [-0.4, -0.2) is 28.7 Å². The van der Waals surface area contributed by atoms with Crippen molar-refractivity contribution >= 4 is 216 Å². The number of pyridine rings is 3. The van der Waals surface area contributed by atoms with Crippen LogP contribution in [0.25, 0.3) is 267 Å². The molecule has 0 amide bonds. The lowest BCUT2D eigenvalue weighted by Crippen LogP contribution is -1.97. The van der Waals surface area contributed by atoms with E-state index in [1.807, 2.05) is 12.3 Å². The standard InChI is InChI=1S/2C43H26N2.C39H24N2/c1-9-19-39-27(11-1)21-23-40(44-39)33-22-24-42(34-17-7-6-16-32(33)34)45-41-20-10-8-18-35(41)38-25-36-30-14-4-2-12-28(30)29-13-3-5-15-31(29)37(36)26-43(38)45;1-2-12-28-27(11-1)23-24-44-43(28)36-21-22-41(34-18-8-7-17-33(34)36)45-40-20-10-9-19-35(40)39-25-37-31-15-5-3-13-29(31)30-14-4-6-16-32(30)38(37)26-42(39)45;1-7-15-36-25(9-1)19-22-37(40-36)26-17-20-27(21-18-26)41-38-16-8-6-14-32(38)35-23-33-30-12-4-2-10-28(30)29-11-3-5-13-31(29)34(33)24-39(35)41/h2*1-26H;1-24H. The first kappa shape index (κ1) is 73.9. The Balaban J connectivity index is 0.000000101. The van der Waals surface area contributed by atoms with E-state index in [0.29, 0.717) is 0 Å². The summed E-state index contributed by atoms with van der Waals surface area (Å²) in [4.78, 5) is 14.9. The third kappa shape index (κ3) is 11.6. The second-order valence-electron chi connectivity index (χ2n) is 34.6. The zero-order chi connectivity index (χ0) is 85.9. The smallest absolute Gasteiger partial charge is 0.0786 e. The molecule has 0 atom stereocenters. The molecule has 0 aliphatic carbocycles. The molecule has 0 radical (unpaired) electrons. The monoisotopic (exact) mass is 1660 g/mol. The maximum absolute atomic E-state index is 5.07. The van der Waals surface area contributed by atoms with E-state index in [9.17, 15) is 0 Å². The maximum atomic E-state index is 5.07. The summed E-state index contributed by atoms with van der Waals surface area (Å²) in [5.74, 6) is 0. The average molecular weight is 1660 g/mol. The van der Waals surface area contributed by atoms with Gasteiger partial charge in [-0.15, -0.1) is 0 Å². The Morgan fingerprint density at radius 3 is 0.878 bits per heavy atom. The highest BCUT2D eigenvalue weighted by Crippen LogP contribution is 2.48. The highest BCUT2D eigenvalue weighted by atomic mass is 15.0. The molecule has 6 nitrogen and oxygen atoms in total. The van der Waals surface area contributed by atoms with Crippen molar-refractivity contribution in [2.45, 2.75) is 0 Å². The zero-order valence-electron chi connectivity index (χ0n) is 71.1. The predicted molar refractivity (Wildman–Crippen MR) is 557 cm³/mol. The van der Waals surface area contributed by atoms with Crippen LogP contribution in [0.1, 0.15) is 0 Å². The van der Waals surface area contributed by atoms with Crippen molar-refractivity contribution in [1.29, 1.82) is 0 Å². The minimum atomic E-state index is 0.988. The topological polar surface area (TPSA) is 53.5 Å². The van der Waals surface area contributed by atoms with Gasteiger partial charge in [0.1, 0.15) is 0 Å². The molecule has 0 saturated heterocycles. The van der Waals surface area contributed by atoms with Crippen LogP contribution in [0.4, 0.5) is 0 Å². The summed E-state index contributed by atoms with van der Waals surface area (Å²) < 4.78 is 7.34. The lowest BCUT2D eigenvalue weighted by molar-refractivity contribution is 1.18. The summed E-state index contributed by atoms with van der Waals surface area (Å²) in [5, 5.41) is 40.3. The van der Waals surface area contributed by atoms with Crippen LogP contribution in [-0.2, 0) is 0 Å². The van der Waals surface area contributed by atoms with Crippen molar-refractivity contribution < 1.29 is 0 Å². The van der Waals surface area contributed by atoms with E-state index in [-0.39, 0.29) is 0 Å². The number of benzene rings is 23. The fourth-order valence-electron chi connectivity index (χ4n) is 21.8. The number of para-hydroxylation sites is 5. The van der Waals surface area contributed by atoms with Gasteiger partial charge in [0, 0.05) is 87.8 Å². The van der Waals surface area contributed by atoms with Crippen LogP contribution in [0.5, 0.6) is 0 Å². The van der Waals surface area contributed by atoms with Gasteiger partial charge in [0.15, 0.2) is 0 Å². The molecule has 6 heterocycles. The molecule has 0 unspecified atom stereocenters. The van der Waals surface area contributed by atoms with Gasteiger partial charge in [0.25, 0.3) is 0 Å². The summed E-state index contributed by atoms with van der Waals surface area (Å²) in [6.07, 6.45) is 1.92. The summed E-state index contributed by atoms with van der Waals surface area (Å²) in [5.41, 5.74) is 19.2. The lowest BCUT2D eigenvalue weighted by atomic mass is 9.93. The van der Waals surface area contributed by atoms with Crippen molar-refractivity contribution in [3.8, 4) is 50.8 Å². The number of nitrogens with zero attached hydrogens (tertiary/aromatic N) is 6. The van der Waals surface area contributed by atoms with Crippen LogP contribution >= 0.6 is 0 Å². The molecule has 0 aliphatic rings. The normalized spacial score (nSPS) is 12.0. The second kappa shape index (κ2) is 29.6. The van der Waals surface area contributed by atoms with Crippen molar-refractivity contribution in [3.63, 3.8) is 0 Å². The van der Waals surface area contributed by atoms with Gasteiger partial charge >= 0.3 is 0 Å². The number of rotatable bonds is 6. The van der Waals surface area contributed by atoms with E-state index in [1.54, 1.807) is 0 Å². The largest absolute Gasteiger partial charge is 0.309 e. The molecule has 23 aromatic carbocycles. The molecule has 29 rings (SSSR count). The minimum absolute atomic E-state index is 0.988. The van der Waals surface area contributed by atoms with Crippen LogP contribution in [0.2, 0.25) is 0 Å². The van der Waals surface area contributed by atoms with Crippen LogP contribution < -0.4 is 0 Å². The molecule has 131 heavy (non-hydrogen) atoms. The summed E-state index contributed by atoms with van der Waals surface area (Å²) in [6.45, 7) is 0. The quantitative estimate of drug-likeness (QED) is 0.156. The molecule has 0 saturated carbocycles. The molecule has 0 fully saturated rings. The Hall–Kier alpha value is -17.5. The van der Waals surface area contributed by atoms with Gasteiger partial charge in [-0.3, -0.25) is 4.98 Å². The third-order valence-electron chi connectivity index (χ3n) is 27.7. The third-order valence-corrected chi connectivity index (χ3v) is 27.7. The van der Waals surface area contributed by atoms with Crippen LogP contribution in [0.3, 0.4) is 0 Å². The molecule has 0 N–H and O–H groups in total. The van der Waals surface area contributed by atoms with Gasteiger partial charge in [-0.2, -0.15) is 0 Å². The van der Waals surface area contributed by atoms with E-state index in [4.69, 9.17) is 15.0 Å². The van der Waals surface area contributed by atoms with Gasteiger partial charge in [-0.25, -0.2) is 9.97 Å². The Bertz CT molecular complexity index is 9890. The average Bonchev–Trinajstić information content (AvgIpc) is 1.60. The van der Waals surface area contributed by atoms with Gasteiger partial charge in [-0.1, -0.05) is 346 Å². The predicted octanol–water partition coefficient (Wildman–Crippen LogP) is 33.7. The fourth-order valence-corrected chi connectivity index (χ4v) is 21.8. The Kier molecular flexibility index (Phi) is 16.7. The van der Waals surface area contributed by atoms with Gasteiger partial charge in [-0.05, 0) is 222 Å². The highest BCUT2D eigenvalue weighted by Gasteiger charge is 2.25. The Morgan fingerprint density at radius 2 is 0.458 bits per heavy atom. The molecular formula is C125H76N6. The highest BCUT2D eigenvalue weighted by molar-refractivity contribution is 6.33. The van der Waals surface area contributed by atoms with Crippen LogP contribution in [0, 0.1) is 0 Å².